The van der Waals surface area contributed by atoms with Crippen LogP contribution in [0, 0.1) is 6.92 Å². The zero-order valence-electron chi connectivity index (χ0n) is 16.3. The van der Waals surface area contributed by atoms with Crippen LogP contribution in [-0.4, -0.2) is 36.7 Å². The highest BCUT2D eigenvalue weighted by atomic mass is 16.5. The number of pyridine rings is 1. The summed E-state index contributed by atoms with van der Waals surface area (Å²) < 4.78 is 5.80. The Hall–Kier alpha value is -2.92. The van der Waals surface area contributed by atoms with Crippen molar-refractivity contribution < 1.29 is 9.53 Å². The van der Waals surface area contributed by atoms with E-state index in [1.807, 2.05) is 50.2 Å². The first kappa shape index (κ1) is 18.4. The fourth-order valence-corrected chi connectivity index (χ4v) is 3.79. The van der Waals surface area contributed by atoms with Gasteiger partial charge in [0.15, 0.2) is 0 Å². The summed E-state index contributed by atoms with van der Waals surface area (Å²) in [7, 11) is 0. The van der Waals surface area contributed by atoms with Gasteiger partial charge in [-0.1, -0.05) is 18.2 Å². The Kier molecular flexibility index (Phi) is 5.26. The van der Waals surface area contributed by atoms with Crippen molar-refractivity contribution in [1.29, 1.82) is 0 Å². The molecule has 2 aromatic carbocycles. The third-order valence-electron chi connectivity index (χ3n) is 5.10. The second-order valence-corrected chi connectivity index (χ2v) is 7.15. The van der Waals surface area contributed by atoms with Gasteiger partial charge in [0.25, 0.3) is 5.91 Å². The maximum Gasteiger partial charge on any atom is 0.255 e. The molecule has 0 spiro atoms. The van der Waals surface area contributed by atoms with Crippen LogP contribution in [0.25, 0.3) is 10.9 Å². The van der Waals surface area contributed by atoms with Gasteiger partial charge in [0.1, 0.15) is 0 Å². The minimum Gasteiger partial charge on any atom is -0.377 e. The molecule has 3 aromatic rings. The molecular weight excluding hydrogens is 350 g/mol. The molecule has 0 aliphatic carbocycles. The Morgan fingerprint density at radius 2 is 2.04 bits per heavy atom. The number of rotatable bonds is 5. The number of benzene rings is 2. The topological polar surface area (TPSA) is 54.5 Å². The summed E-state index contributed by atoms with van der Waals surface area (Å²) in [6.07, 6.45) is 1.33. The molecule has 1 saturated heterocycles. The lowest BCUT2D eigenvalue weighted by atomic mass is 10.1. The van der Waals surface area contributed by atoms with Crippen molar-refractivity contribution in [2.45, 2.75) is 26.4 Å². The van der Waals surface area contributed by atoms with Crippen LogP contribution >= 0.6 is 0 Å². The van der Waals surface area contributed by atoms with Crippen molar-refractivity contribution in [2.24, 2.45) is 0 Å². The van der Waals surface area contributed by atoms with Gasteiger partial charge in [0.2, 0.25) is 0 Å². The molecule has 1 aromatic heterocycles. The van der Waals surface area contributed by atoms with Crippen molar-refractivity contribution in [3.05, 3.63) is 65.9 Å². The Morgan fingerprint density at radius 1 is 1.21 bits per heavy atom. The average molecular weight is 375 g/mol. The minimum absolute atomic E-state index is 0.119. The standard InChI is InChI=1S/C23H25N3O2/c1-3-28-19-11-12-26(15-19)22-13-16(2)24-21-14-18(9-10-20(21)22)25-23(27)17-7-5-4-6-8-17/h4-10,13-14,19H,3,11-12,15H2,1-2H3,(H,25,27). The lowest BCUT2D eigenvalue weighted by molar-refractivity contribution is 0.0788. The molecule has 1 amide bonds. The highest BCUT2D eigenvalue weighted by molar-refractivity contribution is 6.05. The van der Waals surface area contributed by atoms with Crippen molar-refractivity contribution in [3.63, 3.8) is 0 Å². The molecule has 1 unspecified atom stereocenters. The van der Waals surface area contributed by atoms with Gasteiger partial charge in [-0.05, 0) is 56.7 Å². The molecule has 1 fully saturated rings. The van der Waals surface area contributed by atoms with Crippen LogP contribution in [0.15, 0.2) is 54.6 Å². The van der Waals surface area contributed by atoms with E-state index in [-0.39, 0.29) is 12.0 Å². The number of aryl methyl sites for hydroxylation is 1. The monoisotopic (exact) mass is 375 g/mol. The quantitative estimate of drug-likeness (QED) is 0.718. The molecule has 1 aliphatic heterocycles. The number of hydrogen-bond donors (Lipinski definition) is 1. The Balaban J connectivity index is 1.61. The first-order valence-corrected chi connectivity index (χ1v) is 9.78. The van der Waals surface area contributed by atoms with Crippen molar-refractivity contribution >= 4 is 28.2 Å². The molecule has 4 rings (SSSR count). The smallest absolute Gasteiger partial charge is 0.255 e. The highest BCUT2D eigenvalue weighted by Crippen LogP contribution is 2.31. The molecule has 144 valence electrons. The molecule has 1 aliphatic rings. The molecule has 5 nitrogen and oxygen atoms in total. The number of carbonyl (C=O) groups excluding carboxylic acids is 1. The normalized spacial score (nSPS) is 16.5. The van der Waals surface area contributed by atoms with Crippen LogP contribution in [0.1, 0.15) is 29.4 Å². The lowest BCUT2D eigenvalue weighted by Crippen LogP contribution is -2.23. The molecule has 5 heteroatoms. The van der Waals surface area contributed by atoms with Crippen LogP contribution in [0.3, 0.4) is 0 Å². The molecule has 28 heavy (non-hydrogen) atoms. The van der Waals surface area contributed by atoms with Gasteiger partial charge in [-0.15, -0.1) is 0 Å². The van der Waals surface area contributed by atoms with E-state index in [0.717, 1.165) is 48.4 Å². The van der Waals surface area contributed by atoms with Crippen molar-refractivity contribution in [2.75, 3.05) is 29.9 Å². The SMILES string of the molecule is CCOC1CCN(c2cc(C)nc3cc(NC(=O)c4ccccc4)ccc23)C1. The molecule has 1 N–H and O–H groups in total. The average Bonchev–Trinajstić information content (AvgIpc) is 3.16. The second kappa shape index (κ2) is 7.98. The number of fused-ring (bicyclic) bond motifs is 1. The minimum atomic E-state index is -0.119. The fourth-order valence-electron chi connectivity index (χ4n) is 3.79. The largest absolute Gasteiger partial charge is 0.377 e. The van der Waals surface area contributed by atoms with E-state index in [9.17, 15) is 4.79 Å². The zero-order chi connectivity index (χ0) is 19.5. The van der Waals surface area contributed by atoms with E-state index in [1.54, 1.807) is 12.1 Å². The van der Waals surface area contributed by atoms with Gasteiger partial charge < -0.3 is 15.0 Å². The van der Waals surface area contributed by atoms with Gasteiger partial charge in [-0.2, -0.15) is 0 Å². The van der Waals surface area contributed by atoms with Gasteiger partial charge in [0, 0.05) is 47.7 Å². The summed E-state index contributed by atoms with van der Waals surface area (Å²) in [6, 6.07) is 17.3. The number of anilines is 2. The third-order valence-corrected chi connectivity index (χ3v) is 5.10. The molecule has 0 saturated carbocycles. The van der Waals surface area contributed by atoms with Crippen LogP contribution in [0.4, 0.5) is 11.4 Å². The summed E-state index contributed by atoms with van der Waals surface area (Å²) in [5.41, 5.74) is 4.43. The fraction of sp³-hybridized carbons (Fsp3) is 0.304. The van der Waals surface area contributed by atoms with Gasteiger partial charge >= 0.3 is 0 Å². The molecule has 1 atom stereocenters. The van der Waals surface area contributed by atoms with E-state index < -0.39 is 0 Å². The maximum atomic E-state index is 12.4. The number of carbonyl (C=O) groups is 1. The predicted molar refractivity (Wildman–Crippen MR) is 113 cm³/mol. The summed E-state index contributed by atoms with van der Waals surface area (Å²) in [5.74, 6) is -0.119. The number of nitrogens with zero attached hydrogens (tertiary/aromatic N) is 2. The zero-order valence-corrected chi connectivity index (χ0v) is 16.3. The Labute approximate surface area is 165 Å². The van der Waals surface area contributed by atoms with Crippen LogP contribution in [0.2, 0.25) is 0 Å². The molecule has 0 radical (unpaired) electrons. The third kappa shape index (κ3) is 3.85. The van der Waals surface area contributed by atoms with E-state index in [2.05, 4.69) is 16.3 Å². The second-order valence-electron chi connectivity index (χ2n) is 7.15. The first-order chi connectivity index (χ1) is 13.6. The van der Waals surface area contributed by atoms with Gasteiger partial charge in [0.05, 0.1) is 11.6 Å². The Bertz CT molecular complexity index is 988. The van der Waals surface area contributed by atoms with Gasteiger partial charge in [-0.3, -0.25) is 9.78 Å². The number of amides is 1. The van der Waals surface area contributed by atoms with E-state index >= 15 is 0 Å². The van der Waals surface area contributed by atoms with Gasteiger partial charge in [-0.25, -0.2) is 0 Å². The molecule has 0 bridgehead atoms. The maximum absolute atomic E-state index is 12.4. The summed E-state index contributed by atoms with van der Waals surface area (Å²) in [6.45, 7) is 6.68. The van der Waals surface area contributed by atoms with Crippen molar-refractivity contribution in [3.8, 4) is 0 Å². The first-order valence-electron chi connectivity index (χ1n) is 9.78. The van der Waals surface area contributed by atoms with E-state index in [0.29, 0.717) is 5.56 Å². The summed E-state index contributed by atoms with van der Waals surface area (Å²) in [5, 5.41) is 4.07. The van der Waals surface area contributed by atoms with Crippen LogP contribution in [-0.2, 0) is 4.74 Å². The highest BCUT2D eigenvalue weighted by Gasteiger charge is 2.24. The van der Waals surface area contributed by atoms with Crippen molar-refractivity contribution in [1.82, 2.24) is 4.98 Å². The lowest BCUT2D eigenvalue weighted by Gasteiger charge is -2.21. The van der Waals surface area contributed by atoms with E-state index in [1.165, 1.54) is 5.69 Å². The van der Waals surface area contributed by atoms with E-state index in [4.69, 9.17) is 9.72 Å². The number of ether oxygens (including phenoxy) is 1. The summed E-state index contributed by atoms with van der Waals surface area (Å²) >= 11 is 0. The summed E-state index contributed by atoms with van der Waals surface area (Å²) in [4.78, 5) is 19.5. The Morgan fingerprint density at radius 3 is 2.82 bits per heavy atom. The molecular formula is C23H25N3O2. The van der Waals surface area contributed by atoms with Crippen LogP contribution < -0.4 is 10.2 Å². The van der Waals surface area contributed by atoms with Crippen LogP contribution in [0.5, 0.6) is 0 Å². The predicted octanol–water partition coefficient (Wildman–Crippen LogP) is 4.41. The molecule has 2 heterocycles. The number of nitrogens with one attached hydrogen (secondary N) is 1. The number of hydrogen-bond acceptors (Lipinski definition) is 4. The number of aromatic nitrogens is 1.